The lowest BCUT2D eigenvalue weighted by Gasteiger charge is -2.12. The number of benzene rings is 1. The van der Waals surface area contributed by atoms with Gasteiger partial charge < -0.3 is 10.6 Å². The van der Waals surface area contributed by atoms with Crippen molar-refractivity contribution in [3.05, 3.63) is 28.8 Å². The van der Waals surface area contributed by atoms with Crippen LogP contribution in [0.3, 0.4) is 0 Å². The molecule has 0 aliphatic carbocycles. The largest absolute Gasteiger partial charge is 0.325 e. The Bertz CT molecular complexity index is 393. The minimum Gasteiger partial charge on any atom is -0.325 e. The van der Waals surface area contributed by atoms with Gasteiger partial charge in [0.1, 0.15) is 0 Å². The number of hydrogen-bond donors (Lipinski definition) is 2. The second kappa shape index (κ2) is 6.62. The first-order chi connectivity index (χ1) is 8.04. The minimum atomic E-state index is -0.0457. The van der Waals surface area contributed by atoms with E-state index in [4.69, 9.17) is 11.6 Å². The third-order valence-electron chi connectivity index (χ3n) is 2.77. The molecule has 1 atom stereocenters. The molecule has 1 rings (SSSR count). The van der Waals surface area contributed by atoms with Crippen LogP contribution in [0.15, 0.2) is 18.2 Å². The van der Waals surface area contributed by atoms with E-state index in [2.05, 4.69) is 24.5 Å². The fourth-order valence-electron chi connectivity index (χ4n) is 1.35. The molecule has 1 amide bonds. The van der Waals surface area contributed by atoms with Crippen molar-refractivity contribution >= 4 is 23.2 Å². The van der Waals surface area contributed by atoms with Crippen LogP contribution in [0.25, 0.3) is 0 Å². The first kappa shape index (κ1) is 14.0. The number of hydrogen-bond acceptors (Lipinski definition) is 2. The highest BCUT2D eigenvalue weighted by Crippen LogP contribution is 2.22. The van der Waals surface area contributed by atoms with Gasteiger partial charge in [-0.3, -0.25) is 4.79 Å². The molecule has 2 N–H and O–H groups in total. The first-order valence-corrected chi connectivity index (χ1v) is 6.20. The molecule has 4 heteroatoms. The van der Waals surface area contributed by atoms with Gasteiger partial charge in [0.2, 0.25) is 5.91 Å². The summed E-state index contributed by atoms with van der Waals surface area (Å²) in [5, 5.41) is 6.65. The maximum atomic E-state index is 11.7. The molecule has 0 bridgehead atoms. The Hall–Kier alpha value is -1.06. The molecular weight excluding hydrogens is 236 g/mol. The highest BCUT2D eigenvalue weighted by molar-refractivity contribution is 6.31. The van der Waals surface area contributed by atoms with Gasteiger partial charge in [-0.05, 0) is 38.0 Å². The summed E-state index contributed by atoms with van der Waals surface area (Å²) >= 11 is 5.98. The first-order valence-electron chi connectivity index (χ1n) is 5.83. The van der Waals surface area contributed by atoms with E-state index >= 15 is 0 Å². The van der Waals surface area contributed by atoms with Crippen molar-refractivity contribution in [3.8, 4) is 0 Å². The molecule has 0 saturated heterocycles. The summed E-state index contributed by atoms with van der Waals surface area (Å²) in [4.78, 5) is 11.7. The van der Waals surface area contributed by atoms with Crippen molar-refractivity contribution in [1.82, 2.24) is 5.32 Å². The number of halogens is 1. The van der Waals surface area contributed by atoms with Crippen molar-refractivity contribution < 1.29 is 4.79 Å². The van der Waals surface area contributed by atoms with Gasteiger partial charge in [0.15, 0.2) is 0 Å². The molecule has 0 spiro atoms. The fraction of sp³-hybridized carbons (Fsp3) is 0.462. The zero-order chi connectivity index (χ0) is 12.8. The van der Waals surface area contributed by atoms with E-state index in [1.807, 2.05) is 25.1 Å². The van der Waals surface area contributed by atoms with Gasteiger partial charge in [-0.15, -0.1) is 0 Å². The molecule has 0 aromatic heterocycles. The monoisotopic (exact) mass is 254 g/mol. The Labute approximate surface area is 108 Å². The van der Waals surface area contributed by atoms with E-state index in [1.54, 1.807) is 0 Å². The van der Waals surface area contributed by atoms with Crippen molar-refractivity contribution in [1.29, 1.82) is 0 Å². The zero-order valence-corrected chi connectivity index (χ0v) is 11.3. The summed E-state index contributed by atoms with van der Waals surface area (Å²) < 4.78 is 0. The lowest BCUT2D eigenvalue weighted by atomic mass is 10.2. The van der Waals surface area contributed by atoms with E-state index < -0.39 is 0 Å². The molecule has 1 unspecified atom stereocenters. The van der Waals surface area contributed by atoms with Gasteiger partial charge >= 0.3 is 0 Å². The molecule has 0 saturated carbocycles. The number of nitrogens with one attached hydrogen (secondary N) is 2. The molecule has 1 aromatic rings. The minimum absolute atomic E-state index is 0.0457. The van der Waals surface area contributed by atoms with Crippen molar-refractivity contribution in [2.45, 2.75) is 33.2 Å². The predicted octanol–water partition coefficient (Wildman–Crippen LogP) is 2.98. The maximum Gasteiger partial charge on any atom is 0.238 e. The molecule has 17 heavy (non-hydrogen) atoms. The van der Waals surface area contributed by atoms with Crippen molar-refractivity contribution in [2.24, 2.45) is 0 Å². The SMILES string of the molecule is CCC(C)NCC(=O)Nc1cccc(Cl)c1C. The molecule has 0 aliphatic heterocycles. The van der Waals surface area contributed by atoms with Gasteiger partial charge in [0, 0.05) is 16.8 Å². The molecule has 0 heterocycles. The summed E-state index contributed by atoms with van der Waals surface area (Å²) in [6, 6.07) is 5.83. The number of anilines is 1. The summed E-state index contributed by atoms with van der Waals surface area (Å²) in [5.41, 5.74) is 1.67. The quantitative estimate of drug-likeness (QED) is 0.848. The summed E-state index contributed by atoms with van der Waals surface area (Å²) in [6.45, 7) is 6.34. The van der Waals surface area contributed by atoms with Crippen LogP contribution in [0.1, 0.15) is 25.8 Å². The van der Waals surface area contributed by atoms with E-state index in [0.29, 0.717) is 17.6 Å². The molecule has 0 aliphatic rings. The van der Waals surface area contributed by atoms with E-state index in [9.17, 15) is 4.79 Å². The van der Waals surface area contributed by atoms with Gasteiger partial charge in [-0.2, -0.15) is 0 Å². The molecule has 0 radical (unpaired) electrons. The fourth-order valence-corrected chi connectivity index (χ4v) is 1.52. The maximum absolute atomic E-state index is 11.7. The topological polar surface area (TPSA) is 41.1 Å². The van der Waals surface area contributed by atoms with E-state index in [-0.39, 0.29) is 5.91 Å². The summed E-state index contributed by atoms with van der Waals surface area (Å²) in [7, 11) is 0. The normalized spacial score (nSPS) is 12.2. The van der Waals surface area contributed by atoms with Gasteiger partial charge in [-0.25, -0.2) is 0 Å². The van der Waals surface area contributed by atoms with Crippen LogP contribution < -0.4 is 10.6 Å². The highest BCUT2D eigenvalue weighted by atomic mass is 35.5. The molecular formula is C13H19ClN2O. The van der Waals surface area contributed by atoms with Crippen LogP contribution in [-0.4, -0.2) is 18.5 Å². The van der Waals surface area contributed by atoms with Crippen LogP contribution in [0.4, 0.5) is 5.69 Å². The second-order valence-electron chi connectivity index (χ2n) is 4.15. The Kier molecular flexibility index (Phi) is 5.45. The van der Waals surface area contributed by atoms with Gasteiger partial charge in [0.25, 0.3) is 0 Å². The van der Waals surface area contributed by atoms with Crippen LogP contribution in [-0.2, 0) is 4.79 Å². The molecule has 0 fully saturated rings. The summed E-state index contributed by atoms with van der Waals surface area (Å²) in [5.74, 6) is -0.0457. The molecule has 3 nitrogen and oxygen atoms in total. The van der Waals surface area contributed by atoms with Crippen molar-refractivity contribution in [3.63, 3.8) is 0 Å². The number of carbonyl (C=O) groups excluding carboxylic acids is 1. The summed E-state index contributed by atoms with van der Waals surface area (Å²) in [6.07, 6.45) is 1.00. The Morgan fingerprint density at radius 2 is 2.18 bits per heavy atom. The van der Waals surface area contributed by atoms with Crippen LogP contribution in [0.2, 0.25) is 5.02 Å². The van der Waals surface area contributed by atoms with E-state index in [0.717, 1.165) is 17.7 Å². The number of carbonyl (C=O) groups is 1. The second-order valence-corrected chi connectivity index (χ2v) is 4.56. The third-order valence-corrected chi connectivity index (χ3v) is 3.17. The molecule has 94 valence electrons. The predicted molar refractivity (Wildman–Crippen MR) is 72.6 cm³/mol. The Morgan fingerprint density at radius 3 is 2.82 bits per heavy atom. The van der Waals surface area contributed by atoms with Gasteiger partial charge in [0.05, 0.1) is 6.54 Å². The lowest BCUT2D eigenvalue weighted by molar-refractivity contribution is -0.115. The van der Waals surface area contributed by atoms with E-state index in [1.165, 1.54) is 0 Å². The smallest absolute Gasteiger partial charge is 0.238 e. The van der Waals surface area contributed by atoms with Crippen LogP contribution in [0.5, 0.6) is 0 Å². The van der Waals surface area contributed by atoms with Crippen LogP contribution >= 0.6 is 11.6 Å². The average Bonchev–Trinajstić information content (AvgIpc) is 2.32. The van der Waals surface area contributed by atoms with Gasteiger partial charge in [-0.1, -0.05) is 24.6 Å². The van der Waals surface area contributed by atoms with Crippen molar-refractivity contribution in [2.75, 3.05) is 11.9 Å². The third kappa shape index (κ3) is 4.36. The number of amides is 1. The van der Waals surface area contributed by atoms with Crippen LogP contribution in [0, 0.1) is 6.92 Å². The lowest BCUT2D eigenvalue weighted by Crippen LogP contribution is -2.34. The number of rotatable bonds is 5. The standard InChI is InChI=1S/C13H19ClN2O/c1-4-9(2)15-8-13(17)16-12-7-5-6-11(14)10(12)3/h5-7,9,15H,4,8H2,1-3H3,(H,16,17). The Balaban J connectivity index is 2.54. The molecule has 1 aromatic carbocycles. The highest BCUT2D eigenvalue weighted by Gasteiger charge is 2.07. The Morgan fingerprint density at radius 1 is 1.47 bits per heavy atom. The zero-order valence-electron chi connectivity index (χ0n) is 10.5. The average molecular weight is 255 g/mol.